The molecule has 0 aliphatic rings. The van der Waals surface area contributed by atoms with Gasteiger partial charge in [-0.1, -0.05) is 38.1 Å². The lowest BCUT2D eigenvalue weighted by Crippen LogP contribution is -2.17. The predicted octanol–water partition coefficient (Wildman–Crippen LogP) is 5.15. The molecule has 0 saturated carbocycles. The zero-order valence-electron chi connectivity index (χ0n) is 13.2. The van der Waals surface area contributed by atoms with Gasteiger partial charge in [-0.3, -0.25) is 0 Å². The quantitative estimate of drug-likeness (QED) is 0.820. The number of aromatic carboxylic acids is 1. The largest absolute Gasteiger partial charge is 0.573 e. The fourth-order valence-electron chi connectivity index (χ4n) is 2.39. The Hall–Kier alpha value is -2.50. The maximum Gasteiger partial charge on any atom is 0.573 e. The molecule has 0 amide bonds. The maximum atomic E-state index is 12.4. The number of carbonyl (C=O) groups is 1. The van der Waals surface area contributed by atoms with E-state index in [2.05, 4.69) is 18.6 Å². The van der Waals surface area contributed by atoms with Gasteiger partial charge in [-0.2, -0.15) is 0 Å². The van der Waals surface area contributed by atoms with Gasteiger partial charge in [-0.05, 0) is 47.2 Å². The van der Waals surface area contributed by atoms with Crippen LogP contribution in [0.1, 0.15) is 29.8 Å². The number of halogens is 3. The van der Waals surface area contributed by atoms with E-state index in [1.54, 1.807) is 12.1 Å². The van der Waals surface area contributed by atoms with Gasteiger partial charge in [0.15, 0.2) is 0 Å². The van der Waals surface area contributed by atoms with E-state index in [9.17, 15) is 18.0 Å². The molecule has 6 heteroatoms. The second-order valence-electron chi connectivity index (χ2n) is 5.89. The molecular formula is C18H17F3O3. The van der Waals surface area contributed by atoms with E-state index in [1.807, 2.05) is 12.1 Å². The van der Waals surface area contributed by atoms with Crippen molar-refractivity contribution in [2.75, 3.05) is 0 Å². The van der Waals surface area contributed by atoms with Crippen LogP contribution in [-0.2, 0) is 6.42 Å². The van der Waals surface area contributed by atoms with Crippen LogP contribution in [0.5, 0.6) is 5.75 Å². The molecule has 0 heterocycles. The highest BCUT2D eigenvalue weighted by molar-refractivity contribution is 5.90. The van der Waals surface area contributed by atoms with Crippen LogP contribution in [0.3, 0.4) is 0 Å². The summed E-state index contributed by atoms with van der Waals surface area (Å²) in [6.45, 7) is 4.18. The number of carboxylic acid groups (broad SMARTS) is 1. The molecule has 0 aliphatic heterocycles. The van der Waals surface area contributed by atoms with Crippen LogP contribution in [-0.4, -0.2) is 17.4 Å². The Balaban J connectivity index is 2.39. The number of rotatable bonds is 5. The van der Waals surface area contributed by atoms with Gasteiger partial charge in [0.05, 0.1) is 5.56 Å². The Morgan fingerprint density at radius 2 is 1.71 bits per heavy atom. The summed E-state index contributed by atoms with van der Waals surface area (Å²) in [6.07, 6.45) is -3.99. The highest BCUT2D eigenvalue weighted by Gasteiger charge is 2.31. The molecule has 0 saturated heterocycles. The van der Waals surface area contributed by atoms with Gasteiger partial charge in [0, 0.05) is 0 Å². The van der Waals surface area contributed by atoms with Gasteiger partial charge in [-0.25, -0.2) is 4.79 Å². The van der Waals surface area contributed by atoms with E-state index < -0.39 is 18.1 Å². The Kier molecular flexibility index (Phi) is 5.17. The number of benzene rings is 2. The third kappa shape index (κ3) is 5.01. The van der Waals surface area contributed by atoms with Crippen LogP contribution in [0.25, 0.3) is 11.1 Å². The lowest BCUT2D eigenvalue weighted by molar-refractivity contribution is -0.274. The van der Waals surface area contributed by atoms with Gasteiger partial charge < -0.3 is 9.84 Å². The fraction of sp³-hybridized carbons (Fsp3) is 0.278. The summed E-state index contributed by atoms with van der Waals surface area (Å²) >= 11 is 0. The minimum absolute atomic E-state index is 0.266. The Morgan fingerprint density at radius 3 is 2.21 bits per heavy atom. The van der Waals surface area contributed by atoms with E-state index in [0.29, 0.717) is 17.0 Å². The molecule has 0 aromatic heterocycles. The van der Waals surface area contributed by atoms with Crippen molar-refractivity contribution in [1.29, 1.82) is 0 Å². The van der Waals surface area contributed by atoms with E-state index in [1.165, 1.54) is 12.1 Å². The molecule has 0 spiro atoms. The molecule has 3 nitrogen and oxygen atoms in total. The fourth-order valence-corrected chi connectivity index (χ4v) is 2.39. The van der Waals surface area contributed by atoms with Crippen molar-refractivity contribution >= 4 is 5.97 Å². The van der Waals surface area contributed by atoms with E-state index >= 15 is 0 Å². The monoisotopic (exact) mass is 338 g/mol. The molecule has 24 heavy (non-hydrogen) atoms. The summed E-state index contributed by atoms with van der Waals surface area (Å²) in [5.41, 5.74) is 1.82. The standard InChI is InChI=1S/C18H17F3O3/c1-11(2)7-12-3-5-13(6-4-12)14-8-15(17(22)23)10-16(9-14)24-18(19,20)21/h3-6,8-11H,7H2,1-2H3,(H,22,23). The molecule has 2 rings (SSSR count). The van der Waals surface area contributed by atoms with Crippen molar-refractivity contribution in [2.24, 2.45) is 5.92 Å². The predicted molar refractivity (Wildman–Crippen MR) is 84.1 cm³/mol. The van der Waals surface area contributed by atoms with Gasteiger partial charge in [0.1, 0.15) is 5.75 Å². The highest BCUT2D eigenvalue weighted by Crippen LogP contribution is 2.30. The summed E-state index contributed by atoms with van der Waals surface area (Å²) in [5, 5.41) is 9.09. The Bertz CT molecular complexity index is 719. The van der Waals surface area contributed by atoms with Gasteiger partial charge in [0.25, 0.3) is 0 Å². The number of alkyl halides is 3. The van der Waals surface area contributed by atoms with Crippen molar-refractivity contribution in [2.45, 2.75) is 26.6 Å². The second-order valence-corrected chi connectivity index (χ2v) is 5.89. The third-order valence-corrected chi connectivity index (χ3v) is 3.32. The smallest absolute Gasteiger partial charge is 0.478 e. The van der Waals surface area contributed by atoms with Crippen molar-refractivity contribution in [3.8, 4) is 16.9 Å². The molecule has 0 aliphatic carbocycles. The van der Waals surface area contributed by atoms with Crippen molar-refractivity contribution in [1.82, 2.24) is 0 Å². The first-order chi connectivity index (χ1) is 11.1. The molecule has 0 radical (unpaired) electrons. The molecule has 1 N–H and O–H groups in total. The molecule has 128 valence electrons. The zero-order chi connectivity index (χ0) is 17.9. The molecule has 0 fully saturated rings. The lowest BCUT2D eigenvalue weighted by Gasteiger charge is -2.12. The van der Waals surface area contributed by atoms with Gasteiger partial charge >= 0.3 is 12.3 Å². The summed E-state index contributed by atoms with van der Waals surface area (Å²) in [7, 11) is 0. The summed E-state index contributed by atoms with van der Waals surface area (Å²) in [6, 6.07) is 10.6. The number of hydrogen-bond acceptors (Lipinski definition) is 2. The first kappa shape index (κ1) is 17.8. The average Bonchev–Trinajstić information content (AvgIpc) is 2.45. The summed E-state index contributed by atoms with van der Waals surface area (Å²) in [5.74, 6) is -1.39. The minimum Gasteiger partial charge on any atom is -0.478 e. The lowest BCUT2D eigenvalue weighted by atomic mass is 9.98. The highest BCUT2D eigenvalue weighted by atomic mass is 19.4. The molecule has 0 bridgehead atoms. The van der Waals surface area contributed by atoms with Crippen molar-refractivity contribution < 1.29 is 27.8 Å². The van der Waals surface area contributed by atoms with Crippen LogP contribution in [0.2, 0.25) is 0 Å². The van der Waals surface area contributed by atoms with Crippen molar-refractivity contribution in [3.05, 3.63) is 53.6 Å². The minimum atomic E-state index is -4.88. The number of ether oxygens (including phenoxy) is 1. The molecular weight excluding hydrogens is 321 g/mol. The first-order valence-corrected chi connectivity index (χ1v) is 7.37. The zero-order valence-corrected chi connectivity index (χ0v) is 13.2. The summed E-state index contributed by atoms with van der Waals surface area (Å²) < 4.78 is 41.1. The molecule has 2 aromatic carbocycles. The Labute approximate surface area is 137 Å². The SMILES string of the molecule is CC(C)Cc1ccc(-c2cc(OC(F)(F)F)cc(C(=O)O)c2)cc1. The molecule has 0 unspecified atom stereocenters. The maximum absolute atomic E-state index is 12.4. The number of hydrogen-bond donors (Lipinski definition) is 1. The topological polar surface area (TPSA) is 46.5 Å². The third-order valence-electron chi connectivity index (χ3n) is 3.32. The van der Waals surface area contributed by atoms with Crippen molar-refractivity contribution in [3.63, 3.8) is 0 Å². The Morgan fingerprint density at radius 1 is 1.08 bits per heavy atom. The van der Waals surface area contributed by atoms with Crippen LogP contribution < -0.4 is 4.74 Å². The van der Waals surface area contributed by atoms with Crippen LogP contribution in [0, 0.1) is 5.92 Å². The van der Waals surface area contributed by atoms with Crippen LogP contribution in [0.4, 0.5) is 13.2 Å². The number of carboxylic acids is 1. The van der Waals surface area contributed by atoms with Crippen LogP contribution in [0.15, 0.2) is 42.5 Å². The molecule has 2 aromatic rings. The van der Waals surface area contributed by atoms with E-state index in [-0.39, 0.29) is 5.56 Å². The average molecular weight is 338 g/mol. The van der Waals surface area contributed by atoms with E-state index in [0.717, 1.165) is 18.1 Å². The molecule has 0 atom stereocenters. The van der Waals surface area contributed by atoms with Gasteiger partial charge in [0.2, 0.25) is 0 Å². The van der Waals surface area contributed by atoms with E-state index in [4.69, 9.17) is 5.11 Å². The summed E-state index contributed by atoms with van der Waals surface area (Å²) in [4.78, 5) is 11.1. The first-order valence-electron chi connectivity index (χ1n) is 7.37. The normalized spacial score (nSPS) is 11.6. The van der Waals surface area contributed by atoms with Gasteiger partial charge in [-0.15, -0.1) is 13.2 Å². The second kappa shape index (κ2) is 6.95. The van der Waals surface area contributed by atoms with Crippen LogP contribution >= 0.6 is 0 Å².